The van der Waals surface area contributed by atoms with Gasteiger partial charge in [-0.3, -0.25) is 0 Å². The minimum Gasteiger partial charge on any atom is -0.377 e. The van der Waals surface area contributed by atoms with Crippen LogP contribution in [0.15, 0.2) is 0 Å². The van der Waals surface area contributed by atoms with Crippen molar-refractivity contribution >= 4 is 17.4 Å². The van der Waals surface area contributed by atoms with Crippen molar-refractivity contribution in [1.29, 1.82) is 0 Å². The van der Waals surface area contributed by atoms with Gasteiger partial charge in [-0.05, 0) is 48.0 Å². The fraction of sp³-hybridized carbons (Fsp3) is 1.00. The van der Waals surface area contributed by atoms with Gasteiger partial charge in [0.15, 0.2) is 0 Å². The van der Waals surface area contributed by atoms with E-state index in [1.54, 1.807) is 0 Å². The van der Waals surface area contributed by atoms with Crippen molar-refractivity contribution in [3.63, 3.8) is 0 Å². The van der Waals surface area contributed by atoms with Crippen LogP contribution >= 0.6 is 0 Å². The molecule has 0 amide bonds. The average Bonchev–Trinajstić information content (AvgIpc) is 2.54. The molecule has 0 aliphatic carbocycles. The van der Waals surface area contributed by atoms with Gasteiger partial charge < -0.3 is 27.5 Å². The smallest absolute Gasteiger partial charge is 0.377 e. The Hall–Kier alpha value is 0.194. The average molecular weight is 383 g/mol. The summed E-state index contributed by atoms with van der Waals surface area (Å²) in [6.45, 7) is 16.7. The maximum Gasteiger partial charge on any atom is 0.462 e. The molecule has 24 heavy (non-hydrogen) atoms. The number of ether oxygens (including phenoxy) is 3. The lowest BCUT2D eigenvalue weighted by molar-refractivity contribution is -0.365. The van der Waals surface area contributed by atoms with Crippen LogP contribution in [0, 0.1) is 0 Å². The van der Waals surface area contributed by atoms with Gasteiger partial charge in [0, 0.05) is 45.2 Å². The van der Waals surface area contributed by atoms with Crippen LogP contribution in [0.2, 0.25) is 6.04 Å². The fourth-order valence-electron chi connectivity index (χ4n) is 2.45. The van der Waals surface area contributed by atoms with E-state index in [4.69, 9.17) is 27.5 Å². The highest BCUT2D eigenvalue weighted by Crippen LogP contribution is 2.24. The monoisotopic (exact) mass is 382 g/mol. The molecule has 0 radical (unpaired) electrons. The van der Waals surface area contributed by atoms with Gasteiger partial charge in [-0.2, -0.15) is 0 Å². The first-order valence-corrected chi connectivity index (χ1v) is 14.4. The van der Waals surface area contributed by atoms with Crippen molar-refractivity contribution in [3.8, 4) is 0 Å². The summed E-state index contributed by atoms with van der Waals surface area (Å²) in [6, 6.07) is 0.644. The van der Waals surface area contributed by atoms with E-state index < -0.39 is 23.3 Å². The van der Waals surface area contributed by atoms with E-state index in [9.17, 15) is 0 Å². The Morgan fingerprint density at radius 3 is 1.58 bits per heavy atom. The van der Waals surface area contributed by atoms with Crippen LogP contribution in [0.25, 0.3) is 0 Å². The van der Waals surface area contributed by atoms with Gasteiger partial charge in [-0.15, -0.1) is 0 Å². The van der Waals surface area contributed by atoms with Crippen molar-refractivity contribution < 1.29 is 27.5 Å². The SMILES string of the molecule is CCOC(C[SiH2][Si](OCC)(OCC)OC(C)CC)(OCC)OCC. The van der Waals surface area contributed by atoms with Crippen molar-refractivity contribution in [2.75, 3.05) is 33.0 Å². The van der Waals surface area contributed by atoms with Gasteiger partial charge in [-0.25, -0.2) is 0 Å². The second-order valence-corrected chi connectivity index (χ2v) is 12.6. The van der Waals surface area contributed by atoms with Crippen molar-refractivity contribution in [1.82, 2.24) is 0 Å². The topological polar surface area (TPSA) is 55.4 Å². The molecule has 8 heteroatoms. The zero-order valence-electron chi connectivity index (χ0n) is 16.7. The Bertz CT molecular complexity index is 283. The first-order chi connectivity index (χ1) is 11.5. The molecule has 0 heterocycles. The Labute approximate surface area is 151 Å². The Morgan fingerprint density at radius 2 is 1.25 bits per heavy atom. The van der Waals surface area contributed by atoms with Crippen LogP contribution in [0.3, 0.4) is 0 Å². The summed E-state index contributed by atoms with van der Waals surface area (Å²) in [5, 5.41) is 0. The van der Waals surface area contributed by atoms with Crippen LogP contribution < -0.4 is 0 Å². The standard InChI is InChI=1S/C16H38O6Si2/c1-8-15(7)22-24(20-12-5,21-13-6)23-14-16(17-9-2,18-10-3)19-11-4/h15H,8-14,23H2,1-7H3. The minimum atomic E-state index is -2.68. The highest BCUT2D eigenvalue weighted by Gasteiger charge is 2.46. The molecule has 0 aromatic rings. The summed E-state index contributed by atoms with van der Waals surface area (Å²) < 4.78 is 35.9. The summed E-state index contributed by atoms with van der Waals surface area (Å²) in [6.07, 6.45) is 1.04. The van der Waals surface area contributed by atoms with Crippen LogP contribution in [0.4, 0.5) is 0 Å². The summed E-state index contributed by atoms with van der Waals surface area (Å²) in [5.74, 6) is -1.00. The molecule has 0 aromatic heterocycles. The summed E-state index contributed by atoms with van der Waals surface area (Å²) >= 11 is 0. The van der Waals surface area contributed by atoms with E-state index in [0.29, 0.717) is 39.1 Å². The highest BCUT2D eigenvalue weighted by atomic mass is 29.2. The summed E-state index contributed by atoms with van der Waals surface area (Å²) in [5.41, 5.74) is 0. The quantitative estimate of drug-likeness (QED) is 0.302. The van der Waals surface area contributed by atoms with Gasteiger partial charge in [0.1, 0.15) is 9.04 Å². The van der Waals surface area contributed by atoms with E-state index in [-0.39, 0.29) is 6.10 Å². The normalized spacial score (nSPS) is 14.6. The first-order valence-electron chi connectivity index (χ1n) is 9.34. The third-order valence-electron chi connectivity index (χ3n) is 3.51. The molecule has 6 nitrogen and oxygen atoms in total. The van der Waals surface area contributed by atoms with E-state index in [1.165, 1.54) is 0 Å². The molecule has 0 bridgehead atoms. The molecule has 0 aliphatic rings. The molecule has 0 aromatic carbocycles. The van der Waals surface area contributed by atoms with E-state index in [0.717, 1.165) is 6.42 Å². The zero-order chi connectivity index (χ0) is 18.5. The molecule has 0 saturated carbocycles. The lowest BCUT2D eigenvalue weighted by Crippen LogP contribution is -2.56. The van der Waals surface area contributed by atoms with Gasteiger partial charge in [0.2, 0.25) is 0 Å². The molecule has 1 unspecified atom stereocenters. The second kappa shape index (κ2) is 13.4. The lowest BCUT2D eigenvalue weighted by Gasteiger charge is -2.36. The van der Waals surface area contributed by atoms with Gasteiger partial charge in [-0.1, -0.05) is 6.92 Å². The van der Waals surface area contributed by atoms with Gasteiger partial charge in [0.25, 0.3) is 5.97 Å². The third-order valence-corrected chi connectivity index (χ3v) is 11.5. The van der Waals surface area contributed by atoms with Crippen LogP contribution in [0.1, 0.15) is 54.9 Å². The lowest BCUT2D eigenvalue weighted by atomic mass is 10.3. The molecular weight excluding hydrogens is 344 g/mol. The molecule has 0 saturated heterocycles. The maximum atomic E-state index is 6.29. The maximum absolute atomic E-state index is 6.29. The molecule has 0 N–H and O–H groups in total. The van der Waals surface area contributed by atoms with E-state index in [1.807, 2.05) is 34.6 Å². The third kappa shape index (κ3) is 8.53. The van der Waals surface area contributed by atoms with E-state index >= 15 is 0 Å². The molecule has 1 atom stereocenters. The summed E-state index contributed by atoms with van der Waals surface area (Å²) in [4.78, 5) is 0. The first kappa shape index (κ1) is 24.2. The number of hydrogen-bond donors (Lipinski definition) is 0. The largest absolute Gasteiger partial charge is 0.462 e. The molecule has 0 aliphatic heterocycles. The molecule has 146 valence electrons. The molecule has 0 fully saturated rings. The highest BCUT2D eigenvalue weighted by molar-refractivity contribution is 7.14. The predicted molar refractivity (Wildman–Crippen MR) is 101 cm³/mol. The van der Waals surface area contributed by atoms with Crippen molar-refractivity contribution in [3.05, 3.63) is 0 Å². The minimum absolute atomic E-state index is 0.114. The number of hydrogen-bond acceptors (Lipinski definition) is 6. The van der Waals surface area contributed by atoms with Crippen LogP contribution in [0.5, 0.6) is 0 Å². The van der Waals surface area contributed by atoms with Crippen LogP contribution in [-0.2, 0) is 27.5 Å². The molecule has 0 rings (SSSR count). The van der Waals surface area contributed by atoms with Crippen molar-refractivity contribution in [2.24, 2.45) is 0 Å². The number of rotatable bonds is 16. The van der Waals surface area contributed by atoms with E-state index in [2.05, 4.69) is 13.8 Å². The Balaban J connectivity index is 5.25. The predicted octanol–water partition coefficient (Wildman–Crippen LogP) is 2.66. The second-order valence-electron chi connectivity index (χ2n) is 5.37. The summed E-state index contributed by atoms with van der Waals surface area (Å²) in [7, 11) is -3.60. The van der Waals surface area contributed by atoms with Gasteiger partial charge >= 0.3 is 8.32 Å². The zero-order valence-corrected chi connectivity index (χ0v) is 19.1. The van der Waals surface area contributed by atoms with Crippen molar-refractivity contribution in [2.45, 2.75) is 73.0 Å². The Kier molecular flexibility index (Phi) is 13.5. The molecular formula is C16H38O6Si2. The Morgan fingerprint density at radius 1 is 0.792 bits per heavy atom. The molecule has 0 spiro atoms. The fourth-order valence-corrected chi connectivity index (χ4v) is 10.9. The van der Waals surface area contributed by atoms with Gasteiger partial charge in [0.05, 0.1) is 0 Å². The van der Waals surface area contributed by atoms with Crippen LogP contribution in [-0.4, -0.2) is 62.5 Å².